The fourth-order valence-electron chi connectivity index (χ4n) is 2.41. The molecule has 3 nitrogen and oxygen atoms in total. The molecule has 1 aromatic carbocycles. The van der Waals surface area contributed by atoms with Gasteiger partial charge >= 0.3 is 0 Å². The first-order valence-electron chi connectivity index (χ1n) is 6.57. The summed E-state index contributed by atoms with van der Waals surface area (Å²) in [6, 6.07) is 13.9. The molecule has 3 heteroatoms. The maximum Gasteiger partial charge on any atom is 0.141 e. The van der Waals surface area contributed by atoms with Gasteiger partial charge in [0.2, 0.25) is 0 Å². The highest BCUT2D eigenvalue weighted by Gasteiger charge is 2.23. The van der Waals surface area contributed by atoms with Gasteiger partial charge in [0.25, 0.3) is 0 Å². The Morgan fingerprint density at radius 2 is 1.89 bits per heavy atom. The molecule has 0 fully saturated rings. The number of hydrogen-bond acceptors (Lipinski definition) is 3. The standard InChI is InChI=1S/C16H20N2O/c1-3-13(12-8-5-4-6-9-12)15(17)16-14(19-2)10-7-11-18-16/h4-11,13,15H,3,17H2,1-2H3. The summed E-state index contributed by atoms with van der Waals surface area (Å²) in [5.74, 6) is 0.995. The number of benzene rings is 1. The van der Waals surface area contributed by atoms with Crippen LogP contribution in [0.2, 0.25) is 0 Å². The lowest BCUT2D eigenvalue weighted by Gasteiger charge is -2.24. The third kappa shape index (κ3) is 2.93. The smallest absolute Gasteiger partial charge is 0.141 e. The molecular formula is C16H20N2O. The van der Waals surface area contributed by atoms with Gasteiger partial charge in [-0.05, 0) is 24.1 Å². The summed E-state index contributed by atoms with van der Waals surface area (Å²) >= 11 is 0. The number of nitrogens with two attached hydrogens (primary N) is 1. The lowest BCUT2D eigenvalue weighted by atomic mass is 9.87. The Kier molecular flexibility index (Phi) is 4.53. The summed E-state index contributed by atoms with van der Waals surface area (Å²) in [7, 11) is 1.65. The van der Waals surface area contributed by atoms with Crippen LogP contribution in [-0.2, 0) is 0 Å². The van der Waals surface area contributed by atoms with Crippen LogP contribution in [0.15, 0.2) is 48.7 Å². The van der Waals surface area contributed by atoms with Gasteiger partial charge < -0.3 is 10.5 Å². The lowest BCUT2D eigenvalue weighted by Crippen LogP contribution is -2.21. The Morgan fingerprint density at radius 3 is 2.53 bits per heavy atom. The van der Waals surface area contributed by atoms with E-state index < -0.39 is 0 Å². The first-order chi connectivity index (χ1) is 9.27. The van der Waals surface area contributed by atoms with Gasteiger partial charge in [-0.3, -0.25) is 4.98 Å². The quantitative estimate of drug-likeness (QED) is 0.893. The van der Waals surface area contributed by atoms with Gasteiger partial charge in [0, 0.05) is 12.1 Å². The second-order valence-electron chi connectivity index (χ2n) is 4.54. The molecule has 0 aliphatic rings. The molecule has 0 aliphatic heterocycles. The molecule has 0 radical (unpaired) electrons. The van der Waals surface area contributed by atoms with E-state index in [9.17, 15) is 0 Å². The molecule has 2 unspecified atom stereocenters. The van der Waals surface area contributed by atoms with Crippen molar-refractivity contribution < 1.29 is 4.74 Å². The summed E-state index contributed by atoms with van der Waals surface area (Å²) in [5.41, 5.74) is 8.48. The van der Waals surface area contributed by atoms with Crippen LogP contribution in [-0.4, -0.2) is 12.1 Å². The molecule has 0 saturated carbocycles. The van der Waals surface area contributed by atoms with Crippen molar-refractivity contribution in [2.45, 2.75) is 25.3 Å². The molecule has 0 saturated heterocycles. The maximum absolute atomic E-state index is 6.42. The van der Waals surface area contributed by atoms with E-state index in [-0.39, 0.29) is 12.0 Å². The van der Waals surface area contributed by atoms with Gasteiger partial charge in [-0.2, -0.15) is 0 Å². The van der Waals surface area contributed by atoms with Crippen LogP contribution >= 0.6 is 0 Å². The Balaban J connectivity index is 2.33. The van der Waals surface area contributed by atoms with Gasteiger partial charge in [0.05, 0.1) is 18.8 Å². The van der Waals surface area contributed by atoms with Crippen molar-refractivity contribution in [3.63, 3.8) is 0 Å². The highest BCUT2D eigenvalue weighted by atomic mass is 16.5. The number of ether oxygens (including phenoxy) is 1. The molecule has 1 heterocycles. The number of aromatic nitrogens is 1. The average Bonchev–Trinajstić information content (AvgIpc) is 2.49. The Hall–Kier alpha value is -1.87. The third-order valence-electron chi connectivity index (χ3n) is 3.44. The Morgan fingerprint density at radius 1 is 1.16 bits per heavy atom. The van der Waals surface area contributed by atoms with E-state index in [0.29, 0.717) is 0 Å². The van der Waals surface area contributed by atoms with Crippen LogP contribution in [0, 0.1) is 0 Å². The number of methoxy groups -OCH3 is 1. The van der Waals surface area contributed by atoms with Gasteiger partial charge in [-0.25, -0.2) is 0 Å². The molecule has 0 bridgehead atoms. The van der Waals surface area contributed by atoms with Crippen molar-refractivity contribution in [2.75, 3.05) is 7.11 Å². The molecule has 0 aliphatic carbocycles. The van der Waals surface area contributed by atoms with E-state index >= 15 is 0 Å². The van der Waals surface area contributed by atoms with Gasteiger partial charge in [0.15, 0.2) is 0 Å². The Bertz CT molecular complexity index is 513. The minimum atomic E-state index is -0.163. The SMILES string of the molecule is CCC(c1ccccc1)C(N)c1ncccc1OC. The van der Waals surface area contributed by atoms with Crippen LogP contribution in [0.4, 0.5) is 0 Å². The second kappa shape index (κ2) is 6.34. The second-order valence-corrected chi connectivity index (χ2v) is 4.54. The van der Waals surface area contributed by atoms with E-state index in [1.165, 1.54) is 5.56 Å². The van der Waals surface area contributed by atoms with Gasteiger partial charge in [-0.1, -0.05) is 37.3 Å². The summed E-state index contributed by atoms with van der Waals surface area (Å²) in [5, 5.41) is 0. The minimum absolute atomic E-state index is 0.163. The van der Waals surface area contributed by atoms with Crippen LogP contribution in [0.3, 0.4) is 0 Å². The van der Waals surface area contributed by atoms with E-state index in [4.69, 9.17) is 10.5 Å². The van der Waals surface area contributed by atoms with Crippen LogP contribution in [0.5, 0.6) is 5.75 Å². The predicted octanol–water partition coefficient (Wildman–Crippen LogP) is 3.28. The van der Waals surface area contributed by atoms with Crippen molar-refractivity contribution in [1.82, 2.24) is 4.98 Å². The average molecular weight is 256 g/mol. The third-order valence-corrected chi connectivity index (χ3v) is 3.44. The maximum atomic E-state index is 6.42. The molecule has 100 valence electrons. The first kappa shape index (κ1) is 13.6. The van der Waals surface area contributed by atoms with Crippen LogP contribution in [0.25, 0.3) is 0 Å². The normalized spacial score (nSPS) is 13.8. The zero-order valence-corrected chi connectivity index (χ0v) is 11.4. The highest BCUT2D eigenvalue weighted by molar-refractivity contribution is 5.33. The first-order valence-corrected chi connectivity index (χ1v) is 6.57. The van der Waals surface area contributed by atoms with Crippen LogP contribution in [0.1, 0.15) is 36.6 Å². The molecular weight excluding hydrogens is 236 g/mol. The van der Waals surface area contributed by atoms with E-state index in [1.54, 1.807) is 13.3 Å². The molecule has 2 aromatic rings. The molecule has 1 aromatic heterocycles. The molecule has 0 spiro atoms. The molecule has 2 atom stereocenters. The van der Waals surface area contributed by atoms with E-state index in [1.807, 2.05) is 30.3 Å². The summed E-state index contributed by atoms with van der Waals surface area (Å²) in [6.07, 6.45) is 2.72. The molecule has 0 amide bonds. The Labute approximate surface area is 114 Å². The predicted molar refractivity (Wildman–Crippen MR) is 77.2 cm³/mol. The zero-order valence-electron chi connectivity index (χ0n) is 11.4. The zero-order chi connectivity index (χ0) is 13.7. The van der Waals surface area contributed by atoms with Crippen molar-refractivity contribution in [3.05, 3.63) is 59.9 Å². The van der Waals surface area contributed by atoms with Gasteiger partial charge in [-0.15, -0.1) is 0 Å². The summed E-state index contributed by atoms with van der Waals surface area (Å²) in [4.78, 5) is 4.39. The number of pyridine rings is 1. The number of hydrogen-bond donors (Lipinski definition) is 1. The molecule has 19 heavy (non-hydrogen) atoms. The fourth-order valence-corrected chi connectivity index (χ4v) is 2.41. The van der Waals surface area contributed by atoms with E-state index in [2.05, 4.69) is 24.0 Å². The topological polar surface area (TPSA) is 48.1 Å². The monoisotopic (exact) mass is 256 g/mol. The molecule has 2 rings (SSSR count). The number of rotatable bonds is 5. The van der Waals surface area contributed by atoms with Crippen molar-refractivity contribution in [1.29, 1.82) is 0 Å². The van der Waals surface area contributed by atoms with Crippen molar-refractivity contribution in [2.24, 2.45) is 5.73 Å². The lowest BCUT2D eigenvalue weighted by molar-refractivity contribution is 0.394. The summed E-state index contributed by atoms with van der Waals surface area (Å²) in [6.45, 7) is 2.15. The van der Waals surface area contributed by atoms with Crippen molar-refractivity contribution >= 4 is 0 Å². The minimum Gasteiger partial charge on any atom is -0.495 e. The van der Waals surface area contributed by atoms with E-state index in [0.717, 1.165) is 17.9 Å². The van der Waals surface area contributed by atoms with Crippen LogP contribution < -0.4 is 10.5 Å². The largest absolute Gasteiger partial charge is 0.495 e. The summed E-state index contributed by atoms with van der Waals surface area (Å²) < 4.78 is 5.35. The molecule has 2 N–H and O–H groups in total. The fraction of sp³-hybridized carbons (Fsp3) is 0.312. The highest BCUT2D eigenvalue weighted by Crippen LogP contribution is 2.34. The number of nitrogens with zero attached hydrogens (tertiary/aromatic N) is 1. The van der Waals surface area contributed by atoms with Gasteiger partial charge in [0.1, 0.15) is 5.75 Å². The van der Waals surface area contributed by atoms with Crippen molar-refractivity contribution in [3.8, 4) is 5.75 Å².